The average Bonchev–Trinajstić information content (AvgIpc) is 2.62. The van der Waals surface area contributed by atoms with Gasteiger partial charge < -0.3 is 5.32 Å². The van der Waals surface area contributed by atoms with E-state index in [1.54, 1.807) is 0 Å². The van der Waals surface area contributed by atoms with Crippen LogP contribution in [0.2, 0.25) is 5.02 Å². The minimum Gasteiger partial charge on any atom is -0.378 e. The summed E-state index contributed by atoms with van der Waals surface area (Å²) in [6, 6.07) is 8.33. The van der Waals surface area contributed by atoms with Gasteiger partial charge in [-0.15, -0.1) is 11.3 Å². The molecule has 1 heterocycles. The van der Waals surface area contributed by atoms with E-state index < -0.39 is 0 Å². The van der Waals surface area contributed by atoms with Crippen molar-refractivity contribution in [3.63, 3.8) is 0 Å². The SMILES string of the molecule is Cc1cc(C(C)Nc2ccc(Cl)cc2Br)c(C)s1. The number of nitrogens with one attached hydrogen (secondary N) is 1. The van der Waals surface area contributed by atoms with Crippen LogP contribution in [0.5, 0.6) is 0 Å². The first-order valence-electron chi connectivity index (χ1n) is 5.76. The van der Waals surface area contributed by atoms with Gasteiger partial charge in [0.2, 0.25) is 0 Å². The van der Waals surface area contributed by atoms with Gasteiger partial charge in [0.05, 0.1) is 0 Å². The van der Waals surface area contributed by atoms with E-state index in [2.05, 4.69) is 48.1 Å². The molecule has 96 valence electrons. The summed E-state index contributed by atoms with van der Waals surface area (Å²) in [5, 5.41) is 4.25. The highest BCUT2D eigenvalue weighted by atomic mass is 79.9. The summed E-state index contributed by atoms with van der Waals surface area (Å²) in [4.78, 5) is 2.73. The Kier molecular flexibility index (Phi) is 4.36. The van der Waals surface area contributed by atoms with Gasteiger partial charge in [0.25, 0.3) is 0 Å². The summed E-state index contributed by atoms with van der Waals surface area (Å²) in [5.41, 5.74) is 2.43. The highest BCUT2D eigenvalue weighted by molar-refractivity contribution is 9.10. The highest BCUT2D eigenvalue weighted by Crippen LogP contribution is 2.32. The topological polar surface area (TPSA) is 12.0 Å². The molecule has 1 atom stereocenters. The smallest absolute Gasteiger partial charge is 0.0497 e. The molecule has 0 spiro atoms. The van der Waals surface area contributed by atoms with Crippen LogP contribution in [0.1, 0.15) is 28.3 Å². The van der Waals surface area contributed by atoms with E-state index >= 15 is 0 Å². The number of hydrogen-bond donors (Lipinski definition) is 1. The summed E-state index contributed by atoms with van der Waals surface area (Å²) >= 11 is 11.3. The fourth-order valence-electron chi connectivity index (χ4n) is 2.00. The number of aryl methyl sites for hydroxylation is 2. The number of thiophene rings is 1. The number of hydrogen-bond acceptors (Lipinski definition) is 2. The highest BCUT2D eigenvalue weighted by Gasteiger charge is 2.12. The largest absolute Gasteiger partial charge is 0.378 e. The number of halogens is 2. The second-order valence-electron chi connectivity index (χ2n) is 4.36. The molecule has 1 unspecified atom stereocenters. The molecular weight excluding hydrogens is 330 g/mol. The van der Waals surface area contributed by atoms with Gasteiger partial charge in [-0.2, -0.15) is 0 Å². The Morgan fingerprint density at radius 2 is 2.00 bits per heavy atom. The van der Waals surface area contributed by atoms with Crippen molar-refractivity contribution in [3.05, 3.63) is 49.1 Å². The lowest BCUT2D eigenvalue weighted by atomic mass is 10.1. The number of benzene rings is 1. The molecule has 0 bridgehead atoms. The van der Waals surface area contributed by atoms with E-state index in [-0.39, 0.29) is 6.04 Å². The molecule has 2 rings (SSSR count). The van der Waals surface area contributed by atoms with Crippen LogP contribution in [0, 0.1) is 13.8 Å². The van der Waals surface area contributed by atoms with E-state index in [4.69, 9.17) is 11.6 Å². The third-order valence-electron chi connectivity index (χ3n) is 2.85. The van der Waals surface area contributed by atoms with Gasteiger partial charge in [-0.1, -0.05) is 11.6 Å². The molecule has 0 saturated carbocycles. The second kappa shape index (κ2) is 5.64. The first kappa shape index (κ1) is 13.9. The maximum Gasteiger partial charge on any atom is 0.0497 e. The Bertz CT molecular complexity index is 565. The van der Waals surface area contributed by atoms with Crippen LogP contribution in [-0.4, -0.2) is 0 Å². The number of anilines is 1. The van der Waals surface area contributed by atoms with Gasteiger partial charge in [0, 0.05) is 31.0 Å². The summed E-state index contributed by atoms with van der Waals surface area (Å²) < 4.78 is 0.992. The van der Waals surface area contributed by atoms with Crippen LogP contribution < -0.4 is 5.32 Å². The van der Waals surface area contributed by atoms with Gasteiger partial charge >= 0.3 is 0 Å². The average molecular weight is 345 g/mol. The summed E-state index contributed by atoms with van der Waals surface area (Å²) in [6.45, 7) is 6.49. The van der Waals surface area contributed by atoms with Crippen LogP contribution in [0.4, 0.5) is 5.69 Å². The third-order valence-corrected chi connectivity index (χ3v) is 4.72. The van der Waals surface area contributed by atoms with Crippen molar-refractivity contribution in [2.45, 2.75) is 26.8 Å². The standard InChI is InChI=1S/C14H15BrClNS/c1-8-6-12(10(3)18-8)9(2)17-14-5-4-11(16)7-13(14)15/h4-7,9,17H,1-3H3. The zero-order valence-electron chi connectivity index (χ0n) is 10.6. The molecule has 1 aromatic heterocycles. The lowest BCUT2D eigenvalue weighted by molar-refractivity contribution is 0.880. The molecule has 1 aromatic carbocycles. The normalized spacial score (nSPS) is 12.5. The molecule has 0 aliphatic carbocycles. The molecule has 4 heteroatoms. The van der Waals surface area contributed by atoms with Gasteiger partial charge in [-0.3, -0.25) is 0 Å². The Labute approximate surface area is 125 Å². The Morgan fingerprint density at radius 3 is 2.56 bits per heavy atom. The molecular formula is C14H15BrClNS. The molecule has 18 heavy (non-hydrogen) atoms. The minimum absolute atomic E-state index is 0.285. The van der Waals surface area contributed by atoms with Gasteiger partial charge in [-0.25, -0.2) is 0 Å². The third kappa shape index (κ3) is 3.08. The monoisotopic (exact) mass is 343 g/mol. The molecule has 0 radical (unpaired) electrons. The van der Waals surface area contributed by atoms with E-state index in [1.807, 2.05) is 29.5 Å². The Hall–Kier alpha value is -0.510. The van der Waals surface area contributed by atoms with E-state index in [9.17, 15) is 0 Å². The lowest BCUT2D eigenvalue weighted by Crippen LogP contribution is -2.07. The van der Waals surface area contributed by atoms with Crippen LogP contribution in [-0.2, 0) is 0 Å². The minimum atomic E-state index is 0.285. The lowest BCUT2D eigenvalue weighted by Gasteiger charge is -2.16. The zero-order chi connectivity index (χ0) is 13.3. The molecule has 0 aliphatic heterocycles. The molecule has 0 fully saturated rings. The van der Waals surface area contributed by atoms with Crippen molar-refractivity contribution in [1.29, 1.82) is 0 Å². The summed E-state index contributed by atoms with van der Waals surface area (Å²) in [5.74, 6) is 0. The predicted octanol–water partition coefficient (Wildman–Crippen LogP) is 5.95. The van der Waals surface area contributed by atoms with Gasteiger partial charge in [0.15, 0.2) is 0 Å². The second-order valence-corrected chi connectivity index (χ2v) is 7.11. The van der Waals surface area contributed by atoms with Gasteiger partial charge in [0.1, 0.15) is 0 Å². The van der Waals surface area contributed by atoms with Crippen LogP contribution >= 0.6 is 38.9 Å². The zero-order valence-corrected chi connectivity index (χ0v) is 13.7. The fraction of sp³-hybridized carbons (Fsp3) is 0.286. The molecule has 2 aromatic rings. The molecule has 1 N–H and O–H groups in total. The Morgan fingerprint density at radius 1 is 1.28 bits per heavy atom. The van der Waals surface area contributed by atoms with Crippen molar-refractivity contribution >= 4 is 44.6 Å². The van der Waals surface area contributed by atoms with Crippen LogP contribution in [0.25, 0.3) is 0 Å². The van der Waals surface area contributed by atoms with Crippen molar-refractivity contribution in [2.24, 2.45) is 0 Å². The Balaban J connectivity index is 2.21. The molecule has 1 nitrogen and oxygen atoms in total. The quantitative estimate of drug-likeness (QED) is 0.725. The van der Waals surface area contributed by atoms with Crippen LogP contribution in [0.3, 0.4) is 0 Å². The number of rotatable bonds is 3. The summed E-state index contributed by atoms with van der Waals surface area (Å²) in [7, 11) is 0. The maximum absolute atomic E-state index is 5.94. The van der Waals surface area contributed by atoms with Crippen molar-refractivity contribution in [1.82, 2.24) is 0 Å². The summed E-state index contributed by atoms with van der Waals surface area (Å²) in [6.07, 6.45) is 0. The van der Waals surface area contributed by atoms with Crippen molar-refractivity contribution in [3.8, 4) is 0 Å². The van der Waals surface area contributed by atoms with E-state index in [1.165, 1.54) is 15.3 Å². The first-order chi connectivity index (χ1) is 8.47. The first-order valence-corrected chi connectivity index (χ1v) is 7.74. The maximum atomic E-state index is 5.94. The van der Waals surface area contributed by atoms with Crippen molar-refractivity contribution < 1.29 is 0 Å². The van der Waals surface area contributed by atoms with Gasteiger partial charge in [-0.05, 0) is 66.5 Å². The molecule has 0 aliphatic rings. The van der Waals surface area contributed by atoms with Crippen LogP contribution in [0.15, 0.2) is 28.7 Å². The molecule has 0 amide bonds. The van der Waals surface area contributed by atoms with E-state index in [0.717, 1.165) is 15.2 Å². The fourth-order valence-corrected chi connectivity index (χ4v) is 3.82. The molecule has 0 saturated heterocycles. The van der Waals surface area contributed by atoms with E-state index in [0.29, 0.717) is 0 Å². The van der Waals surface area contributed by atoms with Crippen molar-refractivity contribution in [2.75, 3.05) is 5.32 Å². The predicted molar refractivity (Wildman–Crippen MR) is 85.0 cm³/mol.